The average Bonchev–Trinajstić information content (AvgIpc) is 2.48. The van der Waals surface area contributed by atoms with Gasteiger partial charge in [-0.1, -0.05) is 0 Å². The molecular formula is C8H10N2O4. The summed E-state index contributed by atoms with van der Waals surface area (Å²) in [5, 5.41) is 0. The standard InChI is InChI=1S/C8H10N2O4/c9-14-8(13)2-1-5-10-6(11)3-4-7(10)12/h3-4H,1-2,5,9H2. The molecule has 0 aromatic heterocycles. The fourth-order valence-electron chi connectivity index (χ4n) is 1.09. The predicted molar refractivity (Wildman–Crippen MR) is 45.4 cm³/mol. The largest absolute Gasteiger partial charge is 0.373 e. The third-order valence-corrected chi connectivity index (χ3v) is 1.79. The molecule has 0 saturated carbocycles. The first-order valence-corrected chi connectivity index (χ1v) is 4.08. The highest BCUT2D eigenvalue weighted by atomic mass is 16.7. The molecule has 0 saturated heterocycles. The number of hydrogen-bond donors (Lipinski definition) is 1. The van der Waals surface area contributed by atoms with Crippen LogP contribution in [0.3, 0.4) is 0 Å². The summed E-state index contributed by atoms with van der Waals surface area (Å²) >= 11 is 0. The molecule has 14 heavy (non-hydrogen) atoms. The highest BCUT2D eigenvalue weighted by Gasteiger charge is 2.22. The van der Waals surface area contributed by atoms with Gasteiger partial charge in [0.1, 0.15) is 0 Å². The number of imide groups is 1. The summed E-state index contributed by atoms with van der Waals surface area (Å²) in [4.78, 5) is 37.6. The van der Waals surface area contributed by atoms with E-state index < -0.39 is 5.97 Å². The van der Waals surface area contributed by atoms with Crippen LogP contribution in [-0.2, 0) is 19.2 Å². The maximum atomic E-state index is 11.0. The summed E-state index contributed by atoms with van der Waals surface area (Å²) in [7, 11) is 0. The minimum absolute atomic E-state index is 0.0908. The van der Waals surface area contributed by atoms with Crippen molar-refractivity contribution in [2.45, 2.75) is 12.8 Å². The Kier molecular flexibility index (Phi) is 3.35. The summed E-state index contributed by atoms with van der Waals surface area (Å²) in [5.41, 5.74) is 0. The van der Waals surface area contributed by atoms with E-state index in [1.165, 1.54) is 12.2 Å². The summed E-state index contributed by atoms with van der Waals surface area (Å²) in [6.45, 7) is 0.208. The summed E-state index contributed by atoms with van der Waals surface area (Å²) < 4.78 is 0. The first-order chi connectivity index (χ1) is 6.65. The number of carbonyl (C=O) groups excluding carboxylic acids is 3. The van der Waals surface area contributed by atoms with Crippen LogP contribution in [0.5, 0.6) is 0 Å². The van der Waals surface area contributed by atoms with E-state index >= 15 is 0 Å². The van der Waals surface area contributed by atoms with Gasteiger partial charge in [-0.3, -0.25) is 19.3 Å². The van der Waals surface area contributed by atoms with Crippen molar-refractivity contribution in [3.63, 3.8) is 0 Å². The zero-order valence-electron chi connectivity index (χ0n) is 7.43. The third-order valence-electron chi connectivity index (χ3n) is 1.79. The van der Waals surface area contributed by atoms with E-state index in [2.05, 4.69) is 10.7 Å². The summed E-state index contributed by atoms with van der Waals surface area (Å²) in [6.07, 6.45) is 2.84. The van der Waals surface area contributed by atoms with Gasteiger partial charge in [-0.2, -0.15) is 5.90 Å². The highest BCUT2D eigenvalue weighted by molar-refractivity contribution is 6.12. The van der Waals surface area contributed by atoms with Crippen molar-refractivity contribution in [3.05, 3.63) is 12.2 Å². The van der Waals surface area contributed by atoms with Crippen LogP contribution in [0, 0.1) is 0 Å². The molecule has 1 rings (SSSR count). The second kappa shape index (κ2) is 4.52. The molecule has 1 heterocycles. The van der Waals surface area contributed by atoms with Gasteiger partial charge in [0.25, 0.3) is 11.8 Å². The molecule has 0 bridgehead atoms. The van der Waals surface area contributed by atoms with Crippen LogP contribution in [0.1, 0.15) is 12.8 Å². The monoisotopic (exact) mass is 198 g/mol. The lowest BCUT2D eigenvalue weighted by Gasteiger charge is -2.12. The van der Waals surface area contributed by atoms with E-state index in [9.17, 15) is 14.4 Å². The number of amides is 2. The van der Waals surface area contributed by atoms with Crippen molar-refractivity contribution < 1.29 is 19.2 Å². The molecule has 0 spiro atoms. The Morgan fingerprint density at radius 1 is 1.36 bits per heavy atom. The zero-order valence-corrected chi connectivity index (χ0v) is 7.43. The molecule has 0 fully saturated rings. The van der Waals surface area contributed by atoms with Gasteiger partial charge >= 0.3 is 5.97 Å². The van der Waals surface area contributed by atoms with Crippen LogP contribution < -0.4 is 5.90 Å². The van der Waals surface area contributed by atoms with E-state index in [1.54, 1.807) is 0 Å². The molecule has 1 aliphatic heterocycles. The molecule has 1 aliphatic rings. The Labute approximate surface area is 80.3 Å². The normalized spacial score (nSPS) is 15.1. The fourth-order valence-corrected chi connectivity index (χ4v) is 1.09. The Balaban J connectivity index is 2.29. The van der Waals surface area contributed by atoms with E-state index in [1.807, 2.05) is 0 Å². The van der Waals surface area contributed by atoms with Crippen LogP contribution in [0.25, 0.3) is 0 Å². The first-order valence-electron chi connectivity index (χ1n) is 4.08. The van der Waals surface area contributed by atoms with Crippen molar-refractivity contribution in [2.75, 3.05) is 6.54 Å². The van der Waals surface area contributed by atoms with Gasteiger partial charge in [-0.05, 0) is 6.42 Å². The SMILES string of the molecule is NOC(=O)CCCN1C(=O)C=CC1=O. The lowest BCUT2D eigenvalue weighted by molar-refractivity contribution is -0.145. The highest BCUT2D eigenvalue weighted by Crippen LogP contribution is 2.05. The maximum Gasteiger partial charge on any atom is 0.324 e. The van der Waals surface area contributed by atoms with Crippen LogP contribution >= 0.6 is 0 Å². The first kappa shape index (κ1) is 10.4. The summed E-state index contributed by atoms with van der Waals surface area (Å²) in [6, 6.07) is 0. The molecule has 76 valence electrons. The quantitative estimate of drug-likeness (QED) is 0.467. The molecular weight excluding hydrogens is 188 g/mol. The van der Waals surface area contributed by atoms with Crippen molar-refractivity contribution in [1.82, 2.24) is 4.90 Å². The molecule has 0 unspecified atom stereocenters. The van der Waals surface area contributed by atoms with Gasteiger partial charge in [0.15, 0.2) is 0 Å². The van der Waals surface area contributed by atoms with Gasteiger partial charge < -0.3 is 4.84 Å². The number of carbonyl (C=O) groups is 3. The Morgan fingerprint density at radius 3 is 2.43 bits per heavy atom. The van der Waals surface area contributed by atoms with Crippen LogP contribution in [0.4, 0.5) is 0 Å². The lowest BCUT2D eigenvalue weighted by Crippen LogP contribution is -2.31. The average molecular weight is 198 g/mol. The van der Waals surface area contributed by atoms with E-state index in [-0.39, 0.29) is 24.8 Å². The lowest BCUT2D eigenvalue weighted by atomic mass is 10.3. The van der Waals surface area contributed by atoms with Gasteiger partial charge in [0.2, 0.25) is 0 Å². The molecule has 0 aromatic carbocycles. The fraction of sp³-hybridized carbons (Fsp3) is 0.375. The number of nitrogens with two attached hydrogens (primary N) is 1. The van der Waals surface area contributed by atoms with E-state index in [0.717, 1.165) is 4.90 Å². The second-order valence-electron chi connectivity index (χ2n) is 2.75. The summed E-state index contributed by atoms with van der Waals surface area (Å²) in [5.74, 6) is 3.35. The number of hydrogen-bond acceptors (Lipinski definition) is 5. The van der Waals surface area contributed by atoms with Crippen molar-refractivity contribution >= 4 is 17.8 Å². The number of nitrogens with zero attached hydrogens (tertiary/aromatic N) is 1. The predicted octanol–water partition coefficient (Wildman–Crippen LogP) is -0.892. The zero-order chi connectivity index (χ0) is 10.6. The molecule has 0 atom stereocenters. The topological polar surface area (TPSA) is 89.7 Å². The van der Waals surface area contributed by atoms with Gasteiger partial charge in [0, 0.05) is 25.1 Å². The molecule has 2 amide bonds. The molecule has 2 N–H and O–H groups in total. The van der Waals surface area contributed by atoms with Crippen LogP contribution in [0.2, 0.25) is 0 Å². The minimum Gasteiger partial charge on any atom is -0.373 e. The molecule has 6 heteroatoms. The smallest absolute Gasteiger partial charge is 0.324 e. The number of rotatable bonds is 4. The van der Waals surface area contributed by atoms with E-state index in [0.29, 0.717) is 6.42 Å². The maximum absolute atomic E-state index is 11.0. The molecule has 0 aliphatic carbocycles. The van der Waals surface area contributed by atoms with Crippen molar-refractivity contribution in [1.29, 1.82) is 0 Å². The second-order valence-corrected chi connectivity index (χ2v) is 2.75. The Hall–Kier alpha value is -1.69. The minimum atomic E-state index is -0.558. The molecule has 6 nitrogen and oxygen atoms in total. The Morgan fingerprint density at radius 2 is 1.93 bits per heavy atom. The van der Waals surface area contributed by atoms with Crippen LogP contribution in [-0.4, -0.2) is 29.2 Å². The van der Waals surface area contributed by atoms with Gasteiger partial charge in [-0.15, -0.1) is 0 Å². The third kappa shape index (κ3) is 2.40. The van der Waals surface area contributed by atoms with Crippen LogP contribution in [0.15, 0.2) is 12.2 Å². The molecule has 0 radical (unpaired) electrons. The van der Waals surface area contributed by atoms with Gasteiger partial charge in [0.05, 0.1) is 0 Å². The Bertz CT molecular complexity index is 280. The van der Waals surface area contributed by atoms with Crippen molar-refractivity contribution in [2.24, 2.45) is 5.90 Å². The van der Waals surface area contributed by atoms with Gasteiger partial charge in [-0.25, -0.2) is 0 Å². The molecule has 0 aromatic rings. The van der Waals surface area contributed by atoms with Crippen molar-refractivity contribution in [3.8, 4) is 0 Å². The van der Waals surface area contributed by atoms with E-state index in [4.69, 9.17) is 0 Å².